The zero-order chi connectivity index (χ0) is 20.3. The summed E-state index contributed by atoms with van der Waals surface area (Å²) >= 11 is 0. The molecule has 0 bridgehead atoms. The Labute approximate surface area is 164 Å². The van der Waals surface area contributed by atoms with E-state index in [-0.39, 0.29) is 17.9 Å². The molecule has 1 aliphatic heterocycles. The van der Waals surface area contributed by atoms with Gasteiger partial charge in [-0.2, -0.15) is 0 Å². The molecule has 1 amide bonds. The molecule has 0 aliphatic carbocycles. The normalized spacial score (nSPS) is 17.6. The van der Waals surface area contributed by atoms with Gasteiger partial charge in [0, 0.05) is 38.6 Å². The summed E-state index contributed by atoms with van der Waals surface area (Å²) in [6.45, 7) is 17.2. The number of nitrogens with one attached hydrogen (secondary N) is 2. The summed E-state index contributed by atoms with van der Waals surface area (Å²) in [7, 11) is 1.80. The largest absolute Gasteiger partial charge is 0.352 e. The fourth-order valence-corrected chi connectivity index (χ4v) is 3.85. The van der Waals surface area contributed by atoms with Crippen molar-refractivity contribution in [3.63, 3.8) is 0 Å². The van der Waals surface area contributed by atoms with Gasteiger partial charge < -0.3 is 15.5 Å². The molecule has 150 valence electrons. The Morgan fingerprint density at radius 1 is 1.07 bits per heavy atom. The zero-order valence-electron chi connectivity index (χ0n) is 18.3. The summed E-state index contributed by atoms with van der Waals surface area (Å²) in [6.07, 6.45) is 0.958. The van der Waals surface area contributed by atoms with Gasteiger partial charge in [-0.25, -0.2) is 0 Å². The summed E-state index contributed by atoms with van der Waals surface area (Å²) in [5.41, 5.74) is 8.19. The van der Waals surface area contributed by atoms with Crippen LogP contribution in [0.15, 0.2) is 4.99 Å². The van der Waals surface area contributed by atoms with E-state index in [9.17, 15) is 4.79 Å². The molecule has 2 N–H and O–H groups in total. The third-order valence-electron chi connectivity index (χ3n) is 6.15. The highest BCUT2D eigenvalue weighted by atomic mass is 16.2. The molecule has 1 aliphatic rings. The maximum absolute atomic E-state index is 12.2. The maximum atomic E-state index is 12.2. The SMILES string of the molecule is CN=C(NCc1c(C)c(C)c(C)c(C)c1C)NC1CCN(C(=O)C(C)C)C1. The molecule has 1 heterocycles. The zero-order valence-corrected chi connectivity index (χ0v) is 18.3. The summed E-state index contributed by atoms with van der Waals surface area (Å²) < 4.78 is 0. The van der Waals surface area contributed by atoms with Gasteiger partial charge in [0.25, 0.3) is 0 Å². The van der Waals surface area contributed by atoms with E-state index < -0.39 is 0 Å². The first-order valence-corrected chi connectivity index (χ1v) is 9.99. The quantitative estimate of drug-likeness (QED) is 0.631. The first-order chi connectivity index (χ1) is 12.7. The molecule has 1 unspecified atom stereocenters. The lowest BCUT2D eigenvalue weighted by Gasteiger charge is -2.22. The Bertz CT molecular complexity index is 707. The van der Waals surface area contributed by atoms with Crippen molar-refractivity contribution < 1.29 is 4.79 Å². The minimum Gasteiger partial charge on any atom is -0.352 e. The van der Waals surface area contributed by atoms with E-state index in [0.717, 1.165) is 32.0 Å². The third kappa shape index (κ3) is 4.63. The number of likely N-dealkylation sites (tertiary alicyclic amines) is 1. The molecule has 0 saturated carbocycles. The van der Waals surface area contributed by atoms with Crippen LogP contribution in [0.5, 0.6) is 0 Å². The highest BCUT2D eigenvalue weighted by Crippen LogP contribution is 2.25. The summed E-state index contributed by atoms with van der Waals surface area (Å²) in [5, 5.41) is 6.95. The maximum Gasteiger partial charge on any atom is 0.225 e. The van der Waals surface area contributed by atoms with Crippen molar-refractivity contribution in [2.45, 2.75) is 67.5 Å². The van der Waals surface area contributed by atoms with E-state index in [2.05, 4.69) is 50.2 Å². The molecule has 1 atom stereocenters. The lowest BCUT2D eigenvalue weighted by Crippen LogP contribution is -2.45. The smallest absolute Gasteiger partial charge is 0.225 e. The second-order valence-corrected chi connectivity index (χ2v) is 8.10. The Morgan fingerprint density at radius 3 is 2.15 bits per heavy atom. The van der Waals surface area contributed by atoms with Crippen LogP contribution in [0.4, 0.5) is 0 Å². The third-order valence-corrected chi connectivity index (χ3v) is 6.15. The van der Waals surface area contributed by atoms with Gasteiger partial charge in [-0.3, -0.25) is 9.79 Å². The molecule has 0 spiro atoms. The molecule has 1 aromatic carbocycles. The minimum absolute atomic E-state index is 0.0557. The fraction of sp³-hybridized carbons (Fsp3) is 0.636. The number of benzene rings is 1. The van der Waals surface area contributed by atoms with Crippen LogP contribution in [0.3, 0.4) is 0 Å². The molecule has 27 heavy (non-hydrogen) atoms. The number of carbonyl (C=O) groups excluding carboxylic acids is 1. The summed E-state index contributed by atoms with van der Waals surface area (Å²) in [5.74, 6) is 1.09. The van der Waals surface area contributed by atoms with Crippen molar-refractivity contribution in [3.05, 3.63) is 33.4 Å². The Morgan fingerprint density at radius 2 is 1.63 bits per heavy atom. The van der Waals surface area contributed by atoms with Crippen molar-refractivity contribution in [2.75, 3.05) is 20.1 Å². The molecule has 1 saturated heterocycles. The number of rotatable bonds is 4. The summed E-state index contributed by atoms with van der Waals surface area (Å²) in [4.78, 5) is 18.5. The Kier molecular flexibility index (Phi) is 6.90. The molecular weight excluding hydrogens is 336 g/mol. The van der Waals surface area contributed by atoms with Crippen molar-refractivity contribution in [1.82, 2.24) is 15.5 Å². The minimum atomic E-state index is 0.0557. The van der Waals surface area contributed by atoms with Crippen molar-refractivity contribution in [3.8, 4) is 0 Å². The van der Waals surface area contributed by atoms with Gasteiger partial charge in [-0.05, 0) is 74.4 Å². The monoisotopic (exact) mass is 372 g/mol. The van der Waals surface area contributed by atoms with Crippen molar-refractivity contribution in [1.29, 1.82) is 0 Å². The first kappa shape index (κ1) is 21.3. The fourth-order valence-electron chi connectivity index (χ4n) is 3.85. The molecule has 0 radical (unpaired) electrons. The first-order valence-electron chi connectivity index (χ1n) is 9.99. The van der Waals surface area contributed by atoms with Crippen molar-refractivity contribution >= 4 is 11.9 Å². The standard InChI is InChI=1S/C22H36N4O/c1-13(2)21(27)26-10-9-19(12-26)25-22(23-8)24-11-20-17(6)15(4)14(3)16(5)18(20)7/h13,19H,9-12H2,1-8H3,(H2,23,24,25). The number of guanidine groups is 1. The van der Waals surface area contributed by atoms with Gasteiger partial charge in [0.05, 0.1) is 0 Å². The van der Waals surface area contributed by atoms with Crippen LogP contribution in [0, 0.1) is 40.5 Å². The Hall–Kier alpha value is -2.04. The van der Waals surface area contributed by atoms with Crippen LogP contribution in [0.2, 0.25) is 0 Å². The van der Waals surface area contributed by atoms with Gasteiger partial charge in [-0.15, -0.1) is 0 Å². The van der Waals surface area contributed by atoms with E-state index in [1.165, 1.54) is 33.4 Å². The van der Waals surface area contributed by atoms with Gasteiger partial charge in [-0.1, -0.05) is 13.8 Å². The van der Waals surface area contributed by atoms with E-state index >= 15 is 0 Å². The van der Waals surface area contributed by atoms with Crippen LogP contribution in [0.1, 0.15) is 53.6 Å². The van der Waals surface area contributed by atoms with E-state index in [1.807, 2.05) is 18.7 Å². The molecule has 1 fully saturated rings. The highest BCUT2D eigenvalue weighted by molar-refractivity contribution is 5.81. The van der Waals surface area contributed by atoms with Gasteiger partial charge in [0.15, 0.2) is 5.96 Å². The topological polar surface area (TPSA) is 56.7 Å². The average molecular weight is 373 g/mol. The van der Waals surface area contributed by atoms with Crippen LogP contribution in [0.25, 0.3) is 0 Å². The average Bonchev–Trinajstić information content (AvgIpc) is 3.11. The van der Waals surface area contributed by atoms with Gasteiger partial charge in [0.1, 0.15) is 0 Å². The van der Waals surface area contributed by atoms with Crippen LogP contribution >= 0.6 is 0 Å². The van der Waals surface area contributed by atoms with Crippen LogP contribution in [-0.4, -0.2) is 42.9 Å². The highest BCUT2D eigenvalue weighted by Gasteiger charge is 2.28. The predicted molar refractivity (Wildman–Crippen MR) is 113 cm³/mol. The number of nitrogens with zero attached hydrogens (tertiary/aromatic N) is 2. The van der Waals surface area contributed by atoms with Crippen LogP contribution in [-0.2, 0) is 11.3 Å². The number of amides is 1. The number of aliphatic imine (C=N–C) groups is 1. The van der Waals surface area contributed by atoms with Crippen LogP contribution < -0.4 is 10.6 Å². The molecule has 5 nitrogen and oxygen atoms in total. The molecule has 2 rings (SSSR count). The number of carbonyl (C=O) groups is 1. The molecule has 5 heteroatoms. The Balaban J connectivity index is 2.01. The second kappa shape index (κ2) is 8.77. The summed E-state index contributed by atoms with van der Waals surface area (Å²) in [6, 6.07) is 0.252. The number of hydrogen-bond donors (Lipinski definition) is 2. The molecule has 1 aromatic rings. The van der Waals surface area contributed by atoms with E-state index in [4.69, 9.17) is 0 Å². The van der Waals surface area contributed by atoms with Gasteiger partial charge in [0.2, 0.25) is 5.91 Å². The predicted octanol–water partition coefficient (Wildman–Crippen LogP) is 3.15. The van der Waals surface area contributed by atoms with E-state index in [1.54, 1.807) is 7.05 Å². The molecule has 0 aromatic heterocycles. The van der Waals surface area contributed by atoms with Crippen molar-refractivity contribution in [2.24, 2.45) is 10.9 Å². The lowest BCUT2D eigenvalue weighted by molar-refractivity contribution is -0.133. The van der Waals surface area contributed by atoms with Gasteiger partial charge >= 0.3 is 0 Å². The van der Waals surface area contributed by atoms with E-state index in [0.29, 0.717) is 0 Å². The molecular formula is C22H36N4O. The second-order valence-electron chi connectivity index (χ2n) is 8.10. The lowest BCUT2D eigenvalue weighted by atomic mass is 9.89. The number of hydrogen-bond acceptors (Lipinski definition) is 2.